The van der Waals surface area contributed by atoms with Gasteiger partial charge in [0.2, 0.25) is 41.4 Å². The van der Waals surface area contributed by atoms with Crippen LogP contribution in [0.15, 0.2) is 60.7 Å². The minimum absolute atomic E-state index is 0.00633. The fourth-order valence-corrected chi connectivity index (χ4v) is 10.3. The number of aliphatic carboxylic acids is 1. The van der Waals surface area contributed by atoms with E-state index in [0.29, 0.717) is 45.1 Å². The van der Waals surface area contributed by atoms with Gasteiger partial charge < -0.3 is 61.0 Å². The van der Waals surface area contributed by atoms with Gasteiger partial charge in [-0.05, 0) is 61.0 Å². The summed E-state index contributed by atoms with van der Waals surface area (Å²) in [6, 6.07) is 12.8. The van der Waals surface area contributed by atoms with Gasteiger partial charge in [0.05, 0.1) is 36.6 Å². The van der Waals surface area contributed by atoms with E-state index < -0.39 is 96.0 Å². The van der Waals surface area contributed by atoms with Gasteiger partial charge in [-0.2, -0.15) is 0 Å². The number of ether oxygens (including phenoxy) is 3. The molecule has 0 aromatic heterocycles. The monoisotopic (exact) mass is 1110 g/mol. The third kappa shape index (κ3) is 20.9. The lowest BCUT2D eigenvalue weighted by atomic mass is 9.89. The SMILES string of the molecule is CC[C@H](C)[C@@H](C(CC(=O)N1CCC[C@H]1[C@H](OC)[C@@H](C)C(=O)N[C@@H](Cc1ccccc1)C(=O)O)OC)N(C)C(=O)[C@@H](NC(=O)C(C(C)C)N(C)C(=O)CCCCCNC(=O)C(CCC(N)=O)NC(=O)OCc1ccccc1)C(C)C. The second-order valence-corrected chi connectivity index (χ2v) is 21.5. The molecule has 8 amide bonds. The van der Waals surface area contributed by atoms with Crippen molar-refractivity contribution in [3.63, 3.8) is 0 Å². The molecule has 1 saturated heterocycles. The van der Waals surface area contributed by atoms with Crippen LogP contribution < -0.4 is 27.0 Å². The van der Waals surface area contributed by atoms with E-state index in [9.17, 15) is 48.3 Å². The molecule has 21 heteroatoms. The summed E-state index contributed by atoms with van der Waals surface area (Å²) in [5, 5.41) is 20.9. The molecule has 21 nitrogen and oxygen atoms in total. The molecule has 1 heterocycles. The Kier molecular flexibility index (Phi) is 28.5. The van der Waals surface area contributed by atoms with Crippen molar-refractivity contribution in [1.82, 2.24) is 36.0 Å². The molecule has 3 unspecified atom stereocenters. The first-order valence-corrected chi connectivity index (χ1v) is 27.8. The van der Waals surface area contributed by atoms with Crippen LogP contribution in [0.2, 0.25) is 0 Å². The number of nitrogens with one attached hydrogen (secondary N) is 4. The van der Waals surface area contributed by atoms with Crippen molar-refractivity contribution in [1.29, 1.82) is 0 Å². The van der Waals surface area contributed by atoms with Gasteiger partial charge in [-0.15, -0.1) is 0 Å². The highest BCUT2D eigenvalue weighted by atomic mass is 16.5. The van der Waals surface area contributed by atoms with Crippen LogP contribution in [0.4, 0.5) is 4.79 Å². The number of amides is 8. The summed E-state index contributed by atoms with van der Waals surface area (Å²) in [7, 11) is 6.16. The molecule has 1 aliphatic heterocycles. The van der Waals surface area contributed by atoms with E-state index in [1.54, 1.807) is 79.3 Å². The van der Waals surface area contributed by atoms with E-state index >= 15 is 0 Å². The number of rotatable bonds is 34. The summed E-state index contributed by atoms with van der Waals surface area (Å²) in [5.41, 5.74) is 6.82. The van der Waals surface area contributed by atoms with Crippen LogP contribution in [-0.2, 0) is 65.6 Å². The third-order valence-corrected chi connectivity index (χ3v) is 15.0. The molecule has 0 radical (unpaired) electrons. The fraction of sp³-hybridized carbons (Fsp3) is 0.638. The van der Waals surface area contributed by atoms with Gasteiger partial charge in [0, 0.05) is 60.7 Å². The van der Waals surface area contributed by atoms with E-state index in [1.165, 1.54) is 19.1 Å². The summed E-state index contributed by atoms with van der Waals surface area (Å²) in [6.45, 7) is 13.5. The van der Waals surface area contributed by atoms with E-state index in [4.69, 9.17) is 19.9 Å². The Labute approximate surface area is 467 Å². The molecule has 10 atom stereocenters. The van der Waals surface area contributed by atoms with Gasteiger partial charge in [0.15, 0.2) is 0 Å². The Morgan fingerprint density at radius 3 is 1.94 bits per heavy atom. The highest BCUT2D eigenvalue weighted by Crippen LogP contribution is 2.30. The number of nitrogens with zero attached hydrogens (tertiary/aromatic N) is 3. The van der Waals surface area contributed by atoms with Crippen LogP contribution in [0.25, 0.3) is 0 Å². The van der Waals surface area contributed by atoms with Crippen LogP contribution in [-0.4, -0.2) is 163 Å². The zero-order valence-electron chi connectivity index (χ0n) is 48.4. The molecule has 440 valence electrons. The number of alkyl carbamates (subject to hydrolysis) is 1. The molecule has 7 N–H and O–H groups in total. The number of carbonyl (C=O) groups excluding carboxylic acids is 8. The average Bonchev–Trinajstić information content (AvgIpc) is 3.93. The highest BCUT2D eigenvalue weighted by Gasteiger charge is 2.44. The number of likely N-dealkylation sites (N-methyl/N-ethyl adjacent to an activating group) is 2. The summed E-state index contributed by atoms with van der Waals surface area (Å²) >= 11 is 0. The lowest BCUT2D eigenvalue weighted by Crippen LogP contribution is -2.60. The lowest BCUT2D eigenvalue weighted by Gasteiger charge is -2.41. The molecule has 0 aliphatic carbocycles. The summed E-state index contributed by atoms with van der Waals surface area (Å²) in [6.07, 6.45) is 0.924. The molecule has 3 rings (SSSR count). The van der Waals surface area contributed by atoms with Crippen molar-refractivity contribution >= 4 is 53.4 Å². The number of carboxylic acids is 1. The maximum Gasteiger partial charge on any atom is 0.408 e. The number of benzene rings is 2. The predicted octanol–water partition coefficient (Wildman–Crippen LogP) is 4.58. The normalized spacial score (nSPS) is 16.7. The summed E-state index contributed by atoms with van der Waals surface area (Å²) in [4.78, 5) is 125. The Morgan fingerprint density at radius 2 is 1.38 bits per heavy atom. The third-order valence-electron chi connectivity index (χ3n) is 15.0. The van der Waals surface area contributed by atoms with E-state index in [1.807, 2.05) is 53.7 Å². The number of carboxylic acid groups (broad SMARTS) is 1. The summed E-state index contributed by atoms with van der Waals surface area (Å²) < 4.78 is 17.2. The topological polar surface area (TPSA) is 285 Å². The molecule has 79 heavy (non-hydrogen) atoms. The molecule has 1 aliphatic rings. The van der Waals surface area contributed by atoms with Crippen molar-refractivity contribution in [2.24, 2.45) is 29.4 Å². The van der Waals surface area contributed by atoms with Crippen LogP contribution in [0, 0.1) is 23.7 Å². The van der Waals surface area contributed by atoms with Gasteiger partial charge in [0.25, 0.3) is 0 Å². The number of primary amides is 1. The Hall–Kier alpha value is -6.61. The molecular formula is C58H90N8O13. The Morgan fingerprint density at radius 1 is 0.747 bits per heavy atom. The first kappa shape index (κ1) is 66.7. The minimum Gasteiger partial charge on any atom is -0.480 e. The number of hydrogen-bond donors (Lipinski definition) is 6. The highest BCUT2D eigenvalue weighted by molar-refractivity contribution is 5.93. The first-order chi connectivity index (χ1) is 37.5. The van der Waals surface area contributed by atoms with Crippen molar-refractivity contribution in [3.05, 3.63) is 71.8 Å². The summed E-state index contributed by atoms with van der Waals surface area (Å²) in [5.74, 6) is -5.94. The van der Waals surface area contributed by atoms with Gasteiger partial charge in [-0.1, -0.05) is 122 Å². The second kappa shape index (κ2) is 33.7. The number of hydrogen-bond acceptors (Lipinski definition) is 12. The molecule has 2 aromatic rings. The smallest absolute Gasteiger partial charge is 0.408 e. The number of carbonyl (C=O) groups is 9. The number of nitrogens with two attached hydrogens (primary N) is 1. The number of methoxy groups -OCH3 is 2. The standard InChI is InChI=1S/C58H90N8O13/c1-12-38(6)51(45(77-10)34-48(69)66-32-22-27-44(66)52(78-11)39(7)53(70)61-43(57(74)75)33-40-23-16-13-17-24-40)65(9)56(73)49(36(2)3)63-55(72)50(37(4)5)64(8)47(68)28-20-15-21-31-60-54(71)42(29-30-46(59)67)62-58(76)79-35-41-25-18-14-19-26-41/h13-14,16-19,23-26,36-39,42-45,49-52H,12,15,20-22,27-35H2,1-11H3,(H2,59,67)(H,60,71)(H,61,70)(H,62,76)(H,63,72)(H,74,75)/t38-,39+,42?,43-,44-,45?,49-,50?,51-,52+/m0/s1. The van der Waals surface area contributed by atoms with E-state index in [2.05, 4.69) is 21.3 Å². The first-order valence-electron chi connectivity index (χ1n) is 27.8. The largest absolute Gasteiger partial charge is 0.480 e. The van der Waals surface area contributed by atoms with Crippen LogP contribution in [0.1, 0.15) is 124 Å². The maximum absolute atomic E-state index is 14.7. The lowest BCUT2D eigenvalue weighted by molar-refractivity contribution is -0.149. The van der Waals surface area contributed by atoms with Crippen molar-refractivity contribution in [2.45, 2.75) is 174 Å². The van der Waals surface area contributed by atoms with Crippen molar-refractivity contribution in [3.8, 4) is 0 Å². The molecular weight excluding hydrogens is 1020 g/mol. The van der Waals surface area contributed by atoms with E-state index in [0.717, 1.165) is 11.1 Å². The van der Waals surface area contributed by atoms with Gasteiger partial charge in [-0.3, -0.25) is 33.6 Å². The van der Waals surface area contributed by atoms with E-state index in [-0.39, 0.29) is 74.8 Å². The predicted molar refractivity (Wildman–Crippen MR) is 297 cm³/mol. The second-order valence-electron chi connectivity index (χ2n) is 21.5. The quantitative estimate of drug-likeness (QED) is 0.0524. The Balaban J connectivity index is 1.63. The van der Waals surface area contributed by atoms with Gasteiger partial charge >= 0.3 is 12.1 Å². The fourth-order valence-electron chi connectivity index (χ4n) is 10.3. The zero-order chi connectivity index (χ0) is 58.9. The molecule has 0 saturated carbocycles. The maximum atomic E-state index is 14.7. The average molecular weight is 1110 g/mol. The van der Waals surface area contributed by atoms with Crippen LogP contribution >= 0.6 is 0 Å². The Bertz CT molecular complexity index is 2290. The number of unbranched alkanes of at least 4 members (excludes halogenated alkanes) is 2. The van der Waals surface area contributed by atoms with Crippen LogP contribution in [0.3, 0.4) is 0 Å². The van der Waals surface area contributed by atoms with Crippen LogP contribution in [0.5, 0.6) is 0 Å². The zero-order valence-corrected chi connectivity index (χ0v) is 48.4. The van der Waals surface area contributed by atoms with Gasteiger partial charge in [-0.25, -0.2) is 9.59 Å². The van der Waals surface area contributed by atoms with Gasteiger partial charge in [0.1, 0.15) is 30.8 Å². The minimum atomic E-state index is -1.17. The van der Waals surface area contributed by atoms with Crippen molar-refractivity contribution in [2.75, 3.05) is 41.4 Å². The van der Waals surface area contributed by atoms with Crippen molar-refractivity contribution < 1.29 is 62.5 Å². The molecule has 0 spiro atoms. The molecule has 1 fully saturated rings. The molecule has 2 aromatic carbocycles. The molecule has 0 bridgehead atoms. The number of likely N-dealkylation sites (tertiary alicyclic amines) is 1.